The summed E-state index contributed by atoms with van der Waals surface area (Å²) in [6.45, 7) is 0.429. The molecule has 0 bridgehead atoms. The van der Waals surface area contributed by atoms with Crippen LogP contribution >= 0.6 is 11.6 Å². The van der Waals surface area contributed by atoms with Crippen molar-refractivity contribution in [2.24, 2.45) is 0 Å². The van der Waals surface area contributed by atoms with Gasteiger partial charge in [-0.15, -0.1) is 0 Å². The number of nitrogens with one attached hydrogen (secondary N) is 1. The number of rotatable bonds is 3. The second-order valence-corrected chi connectivity index (χ2v) is 5.07. The third-order valence-electron chi connectivity index (χ3n) is 3.18. The van der Waals surface area contributed by atoms with Crippen LogP contribution in [-0.2, 0) is 11.2 Å². The van der Waals surface area contributed by atoms with Gasteiger partial charge in [0.05, 0.1) is 12.5 Å². The molecule has 1 aliphatic rings. The fourth-order valence-corrected chi connectivity index (χ4v) is 2.32. The zero-order chi connectivity index (χ0) is 13.9. The summed E-state index contributed by atoms with van der Waals surface area (Å²) in [5.41, 5.74) is 1.86. The highest BCUT2D eigenvalue weighted by molar-refractivity contribution is 6.30. The number of amides is 1. The fraction of sp³-hybridized carbons (Fsp3) is 0.200. The molecule has 0 radical (unpaired) electrons. The van der Waals surface area contributed by atoms with Crippen LogP contribution < -0.4 is 10.1 Å². The number of halogens is 1. The molecule has 1 amide bonds. The predicted molar refractivity (Wildman–Crippen MR) is 75.8 cm³/mol. The van der Waals surface area contributed by atoms with Crippen LogP contribution in [0.3, 0.4) is 0 Å². The molecular weight excluding hydrogens is 276 g/mol. The number of carbonyl (C=O) groups is 1. The predicted octanol–water partition coefficient (Wildman–Crippen LogP) is 2.53. The highest BCUT2D eigenvalue weighted by Gasteiger charge is 2.26. The molecule has 20 heavy (non-hydrogen) atoms. The van der Waals surface area contributed by atoms with E-state index in [1.54, 1.807) is 18.3 Å². The zero-order valence-electron chi connectivity index (χ0n) is 10.7. The molecule has 3 rings (SSSR count). The van der Waals surface area contributed by atoms with Gasteiger partial charge in [0.15, 0.2) is 0 Å². The lowest BCUT2D eigenvalue weighted by atomic mass is 10.1. The van der Waals surface area contributed by atoms with Crippen LogP contribution in [-0.4, -0.2) is 17.5 Å². The summed E-state index contributed by atoms with van der Waals surface area (Å²) in [5, 5.41) is 3.63. The number of carbonyl (C=O) groups excluding carboxylic acids is 1. The van der Waals surface area contributed by atoms with Crippen molar-refractivity contribution in [2.45, 2.75) is 12.5 Å². The summed E-state index contributed by atoms with van der Waals surface area (Å²) in [6, 6.07) is 10.9. The number of hydrogen-bond acceptors (Lipinski definition) is 3. The largest absolute Gasteiger partial charge is 0.475 e. The van der Waals surface area contributed by atoms with Crippen LogP contribution in [0.1, 0.15) is 17.2 Å². The van der Waals surface area contributed by atoms with E-state index in [0.717, 1.165) is 11.1 Å². The first-order valence-corrected chi connectivity index (χ1v) is 6.72. The van der Waals surface area contributed by atoms with E-state index in [4.69, 9.17) is 16.3 Å². The third-order valence-corrected chi connectivity index (χ3v) is 3.43. The highest BCUT2D eigenvalue weighted by atomic mass is 35.5. The van der Waals surface area contributed by atoms with Gasteiger partial charge in [-0.05, 0) is 29.8 Å². The van der Waals surface area contributed by atoms with Crippen molar-refractivity contribution in [1.82, 2.24) is 10.3 Å². The van der Waals surface area contributed by atoms with Crippen molar-refractivity contribution in [3.63, 3.8) is 0 Å². The number of ether oxygens (including phenoxy) is 1. The molecule has 1 unspecified atom stereocenters. The molecule has 0 fully saturated rings. The number of hydrogen-bond donors (Lipinski definition) is 1. The van der Waals surface area contributed by atoms with Gasteiger partial charge in [-0.3, -0.25) is 4.79 Å². The molecule has 1 atom stereocenters. The Kier molecular flexibility index (Phi) is 3.56. The molecule has 102 valence electrons. The Balaban J connectivity index is 1.64. The summed E-state index contributed by atoms with van der Waals surface area (Å²) >= 11 is 5.82. The lowest BCUT2D eigenvalue weighted by Crippen LogP contribution is -2.30. The Morgan fingerprint density at radius 1 is 1.35 bits per heavy atom. The normalized spacial score (nSPS) is 16.4. The van der Waals surface area contributed by atoms with Crippen LogP contribution in [0.4, 0.5) is 0 Å². The van der Waals surface area contributed by atoms with Gasteiger partial charge in [0, 0.05) is 16.8 Å². The molecule has 0 aliphatic carbocycles. The van der Waals surface area contributed by atoms with Crippen molar-refractivity contribution in [3.8, 4) is 5.88 Å². The molecule has 0 saturated heterocycles. The van der Waals surface area contributed by atoms with Crippen LogP contribution in [0.5, 0.6) is 5.88 Å². The van der Waals surface area contributed by atoms with E-state index < -0.39 is 0 Å². The topological polar surface area (TPSA) is 51.2 Å². The summed E-state index contributed by atoms with van der Waals surface area (Å²) in [6.07, 6.45) is 2.00. The highest BCUT2D eigenvalue weighted by Crippen LogP contribution is 2.29. The van der Waals surface area contributed by atoms with E-state index in [0.29, 0.717) is 23.9 Å². The van der Waals surface area contributed by atoms with Gasteiger partial charge in [-0.2, -0.15) is 0 Å². The van der Waals surface area contributed by atoms with Gasteiger partial charge in [-0.25, -0.2) is 4.98 Å². The molecule has 2 aromatic rings. The number of pyridine rings is 1. The molecule has 0 saturated carbocycles. The van der Waals surface area contributed by atoms with Gasteiger partial charge >= 0.3 is 0 Å². The van der Waals surface area contributed by atoms with Gasteiger partial charge in [0.25, 0.3) is 0 Å². The molecule has 4 nitrogen and oxygen atoms in total. The molecular formula is C15H13ClN2O2. The standard InChI is InChI=1S/C15H13ClN2O2/c16-11-5-3-10(4-6-11)8-14(19)18-13-9-20-15-12(13)2-1-7-17-15/h1-7,13H,8-9H2,(H,18,19). The van der Waals surface area contributed by atoms with Crippen molar-refractivity contribution < 1.29 is 9.53 Å². The average Bonchev–Trinajstić information content (AvgIpc) is 2.85. The van der Waals surface area contributed by atoms with Crippen molar-refractivity contribution in [3.05, 3.63) is 58.7 Å². The first-order valence-electron chi connectivity index (χ1n) is 6.34. The summed E-state index contributed by atoms with van der Waals surface area (Å²) < 4.78 is 5.43. The number of fused-ring (bicyclic) bond motifs is 1. The number of benzene rings is 1. The van der Waals surface area contributed by atoms with Crippen LogP contribution in [0.15, 0.2) is 42.6 Å². The molecule has 1 N–H and O–H groups in total. The minimum absolute atomic E-state index is 0.0439. The van der Waals surface area contributed by atoms with Crippen LogP contribution in [0, 0.1) is 0 Å². The van der Waals surface area contributed by atoms with Crippen molar-refractivity contribution in [2.75, 3.05) is 6.61 Å². The van der Waals surface area contributed by atoms with Gasteiger partial charge < -0.3 is 10.1 Å². The summed E-state index contributed by atoms with van der Waals surface area (Å²) in [7, 11) is 0. The molecule has 1 aromatic heterocycles. The maximum atomic E-state index is 12.0. The Morgan fingerprint density at radius 3 is 2.95 bits per heavy atom. The molecule has 2 heterocycles. The average molecular weight is 289 g/mol. The lowest BCUT2D eigenvalue weighted by Gasteiger charge is -2.11. The lowest BCUT2D eigenvalue weighted by molar-refractivity contribution is -0.121. The second kappa shape index (κ2) is 5.51. The minimum atomic E-state index is -0.126. The van der Waals surface area contributed by atoms with E-state index >= 15 is 0 Å². The maximum absolute atomic E-state index is 12.0. The first kappa shape index (κ1) is 12.9. The summed E-state index contributed by atoms with van der Waals surface area (Å²) in [4.78, 5) is 16.2. The van der Waals surface area contributed by atoms with E-state index in [2.05, 4.69) is 10.3 Å². The van der Waals surface area contributed by atoms with Crippen molar-refractivity contribution in [1.29, 1.82) is 0 Å². The Bertz CT molecular complexity index is 628. The first-order chi connectivity index (χ1) is 9.72. The molecule has 0 spiro atoms. The summed E-state index contributed by atoms with van der Waals surface area (Å²) in [5.74, 6) is 0.557. The Morgan fingerprint density at radius 2 is 2.15 bits per heavy atom. The van der Waals surface area contributed by atoms with E-state index in [1.807, 2.05) is 24.3 Å². The molecule has 1 aliphatic heterocycles. The molecule has 5 heteroatoms. The minimum Gasteiger partial charge on any atom is -0.475 e. The fourth-order valence-electron chi connectivity index (χ4n) is 2.19. The SMILES string of the molecule is O=C(Cc1ccc(Cl)cc1)NC1COc2ncccc21. The number of aromatic nitrogens is 1. The maximum Gasteiger partial charge on any atom is 0.225 e. The Labute approximate surface area is 121 Å². The Hall–Kier alpha value is -2.07. The second-order valence-electron chi connectivity index (χ2n) is 4.63. The number of nitrogens with zero attached hydrogens (tertiary/aromatic N) is 1. The van der Waals surface area contributed by atoms with Gasteiger partial charge in [0.2, 0.25) is 11.8 Å². The van der Waals surface area contributed by atoms with Crippen molar-refractivity contribution >= 4 is 17.5 Å². The van der Waals surface area contributed by atoms with E-state index in [1.165, 1.54) is 0 Å². The quantitative estimate of drug-likeness (QED) is 0.944. The van der Waals surface area contributed by atoms with E-state index in [-0.39, 0.29) is 11.9 Å². The monoisotopic (exact) mass is 288 g/mol. The third kappa shape index (κ3) is 2.75. The van der Waals surface area contributed by atoms with Gasteiger partial charge in [-0.1, -0.05) is 23.7 Å². The van der Waals surface area contributed by atoms with Gasteiger partial charge in [0.1, 0.15) is 6.61 Å². The zero-order valence-corrected chi connectivity index (χ0v) is 11.4. The van der Waals surface area contributed by atoms with Crippen LogP contribution in [0.2, 0.25) is 5.02 Å². The smallest absolute Gasteiger partial charge is 0.225 e. The molecule has 1 aromatic carbocycles. The van der Waals surface area contributed by atoms with E-state index in [9.17, 15) is 4.79 Å². The van der Waals surface area contributed by atoms with Crippen LogP contribution in [0.25, 0.3) is 0 Å².